The highest BCUT2D eigenvalue weighted by Gasteiger charge is 2.19. The van der Waals surface area contributed by atoms with E-state index in [1.54, 1.807) is 0 Å². The molecule has 61 heavy (non-hydrogen) atoms. The molecule has 0 fully saturated rings. The van der Waals surface area contributed by atoms with Crippen LogP contribution in [-0.4, -0.2) is 37.2 Å². The number of rotatable bonds is 42. The molecule has 0 aliphatic heterocycles. The molecule has 0 saturated carbocycles. The molecule has 0 N–H and O–H groups in total. The highest BCUT2D eigenvalue weighted by molar-refractivity contribution is 5.71. The summed E-state index contributed by atoms with van der Waals surface area (Å²) < 4.78 is 16.7. The molecule has 0 aromatic carbocycles. The SMILES string of the molecule is CC/C=C\C/C=C\C/C=C\C/C=C\C/C=C\CCCC(=O)OC[C@H](COC(=O)CCCCCCC/C=C\CCCC)OC(=O)CCCC/C=C\C/C=C\C/C=C\CCCCC. The third-order valence-corrected chi connectivity index (χ3v) is 9.73. The van der Waals surface area contributed by atoms with E-state index in [0.717, 1.165) is 96.3 Å². The Morgan fingerprint density at radius 3 is 1.16 bits per heavy atom. The quantitative estimate of drug-likeness (QED) is 0.0264. The fraction of sp³-hybridized carbons (Fsp3) is 0.618. The van der Waals surface area contributed by atoms with Crippen LogP contribution in [0.4, 0.5) is 0 Å². The maximum absolute atomic E-state index is 12.7. The second-order valence-corrected chi connectivity index (χ2v) is 15.6. The lowest BCUT2D eigenvalue weighted by Crippen LogP contribution is -2.30. The van der Waals surface area contributed by atoms with Gasteiger partial charge in [-0.15, -0.1) is 0 Å². The third-order valence-electron chi connectivity index (χ3n) is 9.73. The minimum atomic E-state index is -0.824. The van der Waals surface area contributed by atoms with Crippen LogP contribution in [0.1, 0.15) is 201 Å². The number of carbonyl (C=O) groups excluding carboxylic acids is 3. The van der Waals surface area contributed by atoms with Crippen molar-refractivity contribution in [2.24, 2.45) is 0 Å². The molecule has 0 bridgehead atoms. The monoisotopic (exact) mass is 845 g/mol. The second-order valence-electron chi connectivity index (χ2n) is 15.6. The van der Waals surface area contributed by atoms with E-state index in [9.17, 15) is 14.4 Å². The van der Waals surface area contributed by atoms with E-state index in [1.165, 1.54) is 51.4 Å². The summed E-state index contributed by atoms with van der Waals surface area (Å²) in [6.07, 6.45) is 65.0. The smallest absolute Gasteiger partial charge is 0.306 e. The molecule has 0 heterocycles. The van der Waals surface area contributed by atoms with Gasteiger partial charge in [-0.05, 0) is 116 Å². The Labute approximate surface area is 374 Å². The van der Waals surface area contributed by atoms with Crippen molar-refractivity contribution in [1.82, 2.24) is 0 Å². The molecule has 0 aromatic heterocycles. The lowest BCUT2D eigenvalue weighted by Gasteiger charge is -2.18. The van der Waals surface area contributed by atoms with Crippen molar-refractivity contribution >= 4 is 17.9 Å². The van der Waals surface area contributed by atoms with Gasteiger partial charge in [-0.25, -0.2) is 0 Å². The standard InChI is InChI=1S/C55H88O6/c1-4-7-10-13-16-19-22-24-26-27-29-30-33-36-39-42-45-48-54(57)60-51-52(50-59-53(56)47-44-41-38-35-32-21-18-15-12-9-6-3)61-55(58)49-46-43-40-37-34-31-28-25-23-20-17-14-11-8-5-2/h7,10,15-20,24-26,28-30,34,36-37,39,52H,4-6,8-9,11-14,21-23,27,31-33,35,38,40-51H2,1-3H3/b10-7-,18-15-,19-16-,20-17-,26-24-,28-25-,30-29-,37-34-,39-36-/t52-/m0/s1. The summed E-state index contributed by atoms with van der Waals surface area (Å²) in [5.74, 6) is -1.04. The number of carbonyl (C=O) groups is 3. The van der Waals surface area contributed by atoms with E-state index in [2.05, 4.69) is 130 Å². The molecule has 0 amide bonds. The Kier molecular flexibility index (Phi) is 45.6. The van der Waals surface area contributed by atoms with Crippen LogP contribution in [0.5, 0.6) is 0 Å². The van der Waals surface area contributed by atoms with Crippen molar-refractivity contribution < 1.29 is 28.6 Å². The molecule has 6 nitrogen and oxygen atoms in total. The maximum Gasteiger partial charge on any atom is 0.306 e. The van der Waals surface area contributed by atoms with Gasteiger partial charge in [-0.2, -0.15) is 0 Å². The lowest BCUT2D eigenvalue weighted by atomic mass is 10.1. The topological polar surface area (TPSA) is 78.9 Å². The highest BCUT2D eigenvalue weighted by atomic mass is 16.6. The molecular formula is C55H88O6. The number of ether oxygens (including phenoxy) is 3. The maximum atomic E-state index is 12.7. The zero-order chi connectivity index (χ0) is 44.4. The summed E-state index contributed by atoms with van der Waals surface area (Å²) in [6.45, 7) is 6.34. The summed E-state index contributed by atoms with van der Waals surface area (Å²) >= 11 is 0. The molecule has 0 aliphatic rings. The Morgan fingerprint density at radius 2 is 0.672 bits per heavy atom. The van der Waals surface area contributed by atoms with Gasteiger partial charge in [0.05, 0.1) is 0 Å². The first-order valence-corrected chi connectivity index (χ1v) is 24.4. The van der Waals surface area contributed by atoms with Crippen LogP contribution in [0.2, 0.25) is 0 Å². The van der Waals surface area contributed by atoms with Gasteiger partial charge >= 0.3 is 17.9 Å². The van der Waals surface area contributed by atoms with Gasteiger partial charge in [-0.1, -0.05) is 175 Å². The highest BCUT2D eigenvalue weighted by Crippen LogP contribution is 2.11. The minimum absolute atomic E-state index is 0.118. The molecule has 6 heteroatoms. The first-order valence-electron chi connectivity index (χ1n) is 24.4. The van der Waals surface area contributed by atoms with Gasteiger partial charge in [0.2, 0.25) is 0 Å². The summed E-state index contributed by atoms with van der Waals surface area (Å²) in [6, 6.07) is 0. The predicted molar refractivity (Wildman–Crippen MR) is 260 cm³/mol. The van der Waals surface area contributed by atoms with Crippen LogP contribution >= 0.6 is 0 Å². The lowest BCUT2D eigenvalue weighted by molar-refractivity contribution is -0.167. The number of unbranched alkanes of at least 4 members (excludes halogenated alkanes) is 13. The average Bonchev–Trinajstić information content (AvgIpc) is 3.26. The van der Waals surface area contributed by atoms with Crippen molar-refractivity contribution in [3.05, 3.63) is 109 Å². The molecule has 0 rings (SSSR count). The minimum Gasteiger partial charge on any atom is -0.462 e. The first kappa shape index (κ1) is 57.1. The number of hydrogen-bond acceptors (Lipinski definition) is 6. The molecule has 344 valence electrons. The Bertz CT molecular complexity index is 1290. The van der Waals surface area contributed by atoms with Crippen LogP contribution in [0, 0.1) is 0 Å². The van der Waals surface area contributed by atoms with Gasteiger partial charge in [0, 0.05) is 19.3 Å². The van der Waals surface area contributed by atoms with Gasteiger partial charge in [-0.3, -0.25) is 14.4 Å². The molecule has 1 atom stereocenters. The van der Waals surface area contributed by atoms with E-state index in [1.807, 2.05) is 0 Å². The van der Waals surface area contributed by atoms with E-state index < -0.39 is 6.10 Å². The Hall–Kier alpha value is -3.93. The van der Waals surface area contributed by atoms with E-state index in [4.69, 9.17) is 14.2 Å². The van der Waals surface area contributed by atoms with E-state index >= 15 is 0 Å². The number of allylic oxidation sites excluding steroid dienone is 18. The van der Waals surface area contributed by atoms with Crippen molar-refractivity contribution in [2.45, 2.75) is 207 Å². The van der Waals surface area contributed by atoms with Crippen LogP contribution in [0.15, 0.2) is 109 Å². The van der Waals surface area contributed by atoms with Crippen molar-refractivity contribution in [2.75, 3.05) is 13.2 Å². The Morgan fingerprint density at radius 1 is 0.344 bits per heavy atom. The fourth-order valence-electron chi connectivity index (χ4n) is 6.05. The van der Waals surface area contributed by atoms with Crippen LogP contribution in [0.25, 0.3) is 0 Å². The third kappa shape index (κ3) is 47.0. The van der Waals surface area contributed by atoms with Gasteiger partial charge < -0.3 is 14.2 Å². The van der Waals surface area contributed by atoms with Crippen molar-refractivity contribution in [1.29, 1.82) is 0 Å². The van der Waals surface area contributed by atoms with Crippen LogP contribution < -0.4 is 0 Å². The molecule has 0 unspecified atom stereocenters. The number of esters is 3. The summed E-state index contributed by atoms with van der Waals surface area (Å²) in [7, 11) is 0. The second kappa shape index (κ2) is 48.7. The molecule has 0 aromatic rings. The summed E-state index contributed by atoms with van der Waals surface area (Å²) in [5, 5.41) is 0. The molecular weight excluding hydrogens is 757 g/mol. The zero-order valence-corrected chi connectivity index (χ0v) is 39.1. The van der Waals surface area contributed by atoms with E-state index in [0.29, 0.717) is 19.3 Å². The largest absolute Gasteiger partial charge is 0.462 e. The van der Waals surface area contributed by atoms with Gasteiger partial charge in [0.1, 0.15) is 13.2 Å². The molecule has 0 spiro atoms. The van der Waals surface area contributed by atoms with Crippen molar-refractivity contribution in [3.63, 3.8) is 0 Å². The first-order chi connectivity index (χ1) is 30.0. The zero-order valence-electron chi connectivity index (χ0n) is 39.1. The normalized spacial score (nSPS) is 13.0. The summed E-state index contributed by atoms with van der Waals surface area (Å²) in [4.78, 5) is 37.8. The van der Waals surface area contributed by atoms with Crippen molar-refractivity contribution in [3.8, 4) is 0 Å². The van der Waals surface area contributed by atoms with Crippen LogP contribution in [0.3, 0.4) is 0 Å². The predicted octanol–water partition coefficient (Wildman–Crippen LogP) is 16.0. The van der Waals surface area contributed by atoms with Gasteiger partial charge in [0.25, 0.3) is 0 Å². The van der Waals surface area contributed by atoms with E-state index in [-0.39, 0.29) is 44.0 Å². The fourth-order valence-corrected chi connectivity index (χ4v) is 6.05. The Balaban J connectivity index is 4.57. The van der Waals surface area contributed by atoms with Crippen LogP contribution in [-0.2, 0) is 28.6 Å². The average molecular weight is 845 g/mol. The molecule has 0 aliphatic carbocycles. The molecule has 0 radical (unpaired) electrons. The summed E-state index contributed by atoms with van der Waals surface area (Å²) in [5.41, 5.74) is 0. The molecule has 0 saturated heterocycles. The number of hydrogen-bond donors (Lipinski definition) is 0. The van der Waals surface area contributed by atoms with Gasteiger partial charge in [0.15, 0.2) is 6.10 Å².